The van der Waals surface area contributed by atoms with E-state index in [1.165, 1.54) is 16.7 Å². The van der Waals surface area contributed by atoms with Gasteiger partial charge in [0.1, 0.15) is 5.82 Å². The number of aromatic amines is 1. The van der Waals surface area contributed by atoms with Gasteiger partial charge in [-0.3, -0.25) is 9.36 Å². The largest absolute Gasteiger partial charge is 0.353 e. The predicted molar refractivity (Wildman–Crippen MR) is 156 cm³/mol. The standard InChI is InChI=1S/C31H33FN6O2/c32-23-13-11-22(12-14-23)21-38-28-10-4-3-9-27(28)34-30(38)33-24-15-19-36(20-16-24)17-5-6-18-37-29(39)25-7-1-2-8-26(25)35-31(37)40/h1-4,7-14,24H,5-6,15-21H2,(H,33,34)(H,35,40). The van der Waals surface area contributed by atoms with Crippen LogP contribution in [0.4, 0.5) is 10.3 Å². The number of anilines is 1. The predicted octanol–water partition coefficient (Wildman–Crippen LogP) is 4.58. The summed E-state index contributed by atoms with van der Waals surface area (Å²) >= 11 is 0. The fourth-order valence-electron chi connectivity index (χ4n) is 5.61. The third-order valence-electron chi connectivity index (χ3n) is 7.82. The van der Waals surface area contributed by atoms with Crippen LogP contribution in [0.2, 0.25) is 0 Å². The number of fused-ring (bicyclic) bond motifs is 2. The maximum atomic E-state index is 13.4. The number of piperidine rings is 1. The van der Waals surface area contributed by atoms with Crippen LogP contribution in [0.5, 0.6) is 0 Å². The van der Waals surface area contributed by atoms with Crippen molar-refractivity contribution in [3.8, 4) is 0 Å². The summed E-state index contributed by atoms with van der Waals surface area (Å²) in [4.78, 5) is 35.3. The first kappa shape index (κ1) is 26.0. The van der Waals surface area contributed by atoms with Crippen LogP contribution in [0, 0.1) is 5.82 Å². The maximum absolute atomic E-state index is 13.4. The van der Waals surface area contributed by atoms with Crippen molar-refractivity contribution in [3.05, 3.63) is 105 Å². The van der Waals surface area contributed by atoms with Crippen LogP contribution >= 0.6 is 0 Å². The molecule has 0 amide bonds. The molecule has 3 heterocycles. The number of unbranched alkanes of at least 4 members (excludes halogenated alkanes) is 1. The fourth-order valence-corrected chi connectivity index (χ4v) is 5.61. The molecule has 0 bridgehead atoms. The van der Waals surface area contributed by atoms with Gasteiger partial charge in [0.05, 0.1) is 28.5 Å². The van der Waals surface area contributed by atoms with E-state index in [0.717, 1.165) is 67.9 Å². The Balaban J connectivity index is 1.03. The monoisotopic (exact) mass is 540 g/mol. The number of nitrogens with zero attached hydrogens (tertiary/aromatic N) is 4. The molecule has 3 aromatic carbocycles. The first-order valence-electron chi connectivity index (χ1n) is 14.0. The number of hydrogen-bond acceptors (Lipinski definition) is 5. The molecule has 0 aliphatic carbocycles. The lowest BCUT2D eigenvalue weighted by Crippen LogP contribution is -2.40. The quantitative estimate of drug-likeness (QED) is 0.267. The van der Waals surface area contributed by atoms with E-state index in [1.807, 2.05) is 42.5 Å². The normalized spacial score (nSPS) is 14.7. The zero-order valence-electron chi connectivity index (χ0n) is 22.4. The molecule has 1 fully saturated rings. The summed E-state index contributed by atoms with van der Waals surface area (Å²) in [6, 6.07) is 22.2. The number of H-pyrrole nitrogens is 1. The Morgan fingerprint density at radius 1 is 0.875 bits per heavy atom. The highest BCUT2D eigenvalue weighted by Crippen LogP contribution is 2.24. The molecule has 0 radical (unpaired) electrons. The first-order valence-corrected chi connectivity index (χ1v) is 14.0. The summed E-state index contributed by atoms with van der Waals surface area (Å²) in [5, 5.41) is 4.23. The summed E-state index contributed by atoms with van der Waals surface area (Å²) in [6.45, 7) is 3.93. The SMILES string of the molecule is O=c1[nH]c2ccccc2c(=O)n1CCCCN1CCC(Nc2nc3ccccc3n2Cc2ccc(F)cc2)CC1. The van der Waals surface area contributed by atoms with E-state index in [2.05, 4.69) is 25.8 Å². The molecule has 2 aromatic heterocycles. The maximum Gasteiger partial charge on any atom is 0.328 e. The highest BCUT2D eigenvalue weighted by atomic mass is 19.1. The van der Waals surface area contributed by atoms with Gasteiger partial charge in [0, 0.05) is 25.7 Å². The molecular weight excluding hydrogens is 507 g/mol. The molecule has 8 nitrogen and oxygen atoms in total. The van der Waals surface area contributed by atoms with Crippen LogP contribution in [0.1, 0.15) is 31.2 Å². The average molecular weight is 541 g/mol. The zero-order valence-corrected chi connectivity index (χ0v) is 22.4. The van der Waals surface area contributed by atoms with Gasteiger partial charge < -0.3 is 19.8 Å². The molecule has 1 aliphatic heterocycles. The van der Waals surface area contributed by atoms with Gasteiger partial charge in [0.25, 0.3) is 5.56 Å². The molecule has 0 unspecified atom stereocenters. The van der Waals surface area contributed by atoms with E-state index in [1.54, 1.807) is 12.1 Å². The minimum atomic E-state index is -0.346. The molecule has 9 heteroatoms. The second-order valence-corrected chi connectivity index (χ2v) is 10.5. The second-order valence-electron chi connectivity index (χ2n) is 10.5. The van der Waals surface area contributed by atoms with Crippen LogP contribution in [0.15, 0.2) is 82.4 Å². The minimum Gasteiger partial charge on any atom is -0.353 e. The van der Waals surface area contributed by atoms with Crippen molar-refractivity contribution in [2.75, 3.05) is 25.0 Å². The van der Waals surface area contributed by atoms with E-state index in [0.29, 0.717) is 30.0 Å². The van der Waals surface area contributed by atoms with Gasteiger partial charge in [0.15, 0.2) is 0 Å². The summed E-state index contributed by atoms with van der Waals surface area (Å²) in [7, 11) is 0. The van der Waals surface area contributed by atoms with E-state index < -0.39 is 0 Å². The Kier molecular flexibility index (Phi) is 7.46. The Morgan fingerprint density at radius 3 is 2.42 bits per heavy atom. The molecule has 1 aliphatic rings. The molecule has 0 spiro atoms. The highest BCUT2D eigenvalue weighted by molar-refractivity contribution is 5.79. The van der Waals surface area contributed by atoms with E-state index in [-0.39, 0.29) is 17.1 Å². The smallest absolute Gasteiger partial charge is 0.328 e. The summed E-state index contributed by atoms with van der Waals surface area (Å²) in [5.41, 5.74) is 3.02. The van der Waals surface area contributed by atoms with E-state index >= 15 is 0 Å². The van der Waals surface area contributed by atoms with Gasteiger partial charge >= 0.3 is 5.69 Å². The van der Waals surface area contributed by atoms with Gasteiger partial charge in [0.2, 0.25) is 5.95 Å². The minimum absolute atomic E-state index is 0.225. The summed E-state index contributed by atoms with van der Waals surface area (Å²) < 4.78 is 16.9. The molecule has 6 rings (SSSR count). The third kappa shape index (κ3) is 5.56. The zero-order chi connectivity index (χ0) is 27.5. The molecule has 2 N–H and O–H groups in total. The number of likely N-dealkylation sites (tertiary alicyclic amines) is 1. The Hall–Kier alpha value is -4.24. The molecule has 5 aromatic rings. The van der Waals surface area contributed by atoms with Crippen LogP contribution in [0.3, 0.4) is 0 Å². The van der Waals surface area contributed by atoms with E-state index in [4.69, 9.17) is 4.98 Å². The number of halogens is 1. The van der Waals surface area contributed by atoms with Gasteiger partial charge in [-0.25, -0.2) is 14.2 Å². The Labute approximate surface area is 231 Å². The van der Waals surface area contributed by atoms with Gasteiger partial charge in [-0.05, 0) is 74.2 Å². The third-order valence-corrected chi connectivity index (χ3v) is 7.82. The van der Waals surface area contributed by atoms with Crippen molar-refractivity contribution in [1.82, 2.24) is 24.0 Å². The molecule has 206 valence electrons. The van der Waals surface area contributed by atoms with Gasteiger partial charge in [-0.2, -0.15) is 0 Å². The number of benzene rings is 3. The van der Waals surface area contributed by atoms with Crippen molar-refractivity contribution >= 4 is 27.9 Å². The van der Waals surface area contributed by atoms with Crippen LogP contribution in [-0.4, -0.2) is 49.7 Å². The van der Waals surface area contributed by atoms with E-state index in [9.17, 15) is 14.0 Å². The molecule has 1 saturated heterocycles. The van der Waals surface area contributed by atoms with Crippen molar-refractivity contribution in [2.24, 2.45) is 0 Å². The Morgan fingerprint density at radius 2 is 1.60 bits per heavy atom. The van der Waals surface area contributed by atoms with Crippen LogP contribution in [-0.2, 0) is 13.1 Å². The number of rotatable bonds is 9. The topological polar surface area (TPSA) is 87.9 Å². The number of nitrogens with one attached hydrogen (secondary N) is 2. The molecule has 0 atom stereocenters. The number of imidazole rings is 1. The first-order chi connectivity index (χ1) is 19.5. The van der Waals surface area contributed by atoms with Crippen molar-refractivity contribution in [2.45, 2.75) is 44.8 Å². The lowest BCUT2D eigenvalue weighted by Gasteiger charge is -2.32. The Bertz CT molecular complexity index is 1730. The van der Waals surface area contributed by atoms with Crippen LogP contribution < -0.4 is 16.6 Å². The van der Waals surface area contributed by atoms with Gasteiger partial charge in [-0.1, -0.05) is 36.4 Å². The molecule has 40 heavy (non-hydrogen) atoms. The van der Waals surface area contributed by atoms with Crippen molar-refractivity contribution in [3.63, 3.8) is 0 Å². The fraction of sp³-hybridized carbons (Fsp3) is 0.323. The average Bonchev–Trinajstić information content (AvgIpc) is 3.31. The lowest BCUT2D eigenvalue weighted by molar-refractivity contribution is 0.213. The number of hydrogen-bond donors (Lipinski definition) is 2. The molecule has 0 saturated carbocycles. The second kappa shape index (κ2) is 11.5. The van der Waals surface area contributed by atoms with Crippen LogP contribution in [0.25, 0.3) is 21.9 Å². The highest BCUT2D eigenvalue weighted by Gasteiger charge is 2.21. The molecular formula is C31H33FN6O2. The van der Waals surface area contributed by atoms with Crippen molar-refractivity contribution < 1.29 is 4.39 Å². The summed E-state index contributed by atoms with van der Waals surface area (Å²) in [6.07, 6.45) is 3.70. The van der Waals surface area contributed by atoms with Crippen molar-refractivity contribution in [1.29, 1.82) is 0 Å². The number of para-hydroxylation sites is 3. The number of aromatic nitrogens is 4. The summed E-state index contributed by atoms with van der Waals surface area (Å²) in [5.74, 6) is 0.607. The van der Waals surface area contributed by atoms with Gasteiger partial charge in [-0.15, -0.1) is 0 Å². The lowest BCUT2D eigenvalue weighted by atomic mass is 10.0.